The van der Waals surface area contributed by atoms with Crippen LogP contribution < -0.4 is 0 Å². The summed E-state index contributed by atoms with van der Waals surface area (Å²) in [7, 11) is 0. The van der Waals surface area contributed by atoms with Gasteiger partial charge in [0.25, 0.3) is 0 Å². The number of carbonyl (C=O) groups excluding carboxylic acids is 1. The van der Waals surface area contributed by atoms with Crippen molar-refractivity contribution in [2.75, 3.05) is 13.1 Å². The van der Waals surface area contributed by atoms with Crippen molar-refractivity contribution in [3.63, 3.8) is 0 Å². The van der Waals surface area contributed by atoms with Crippen LogP contribution in [0.1, 0.15) is 46.3 Å². The van der Waals surface area contributed by atoms with Gasteiger partial charge in [-0.05, 0) is 40.2 Å². The molecule has 1 atom stereocenters. The minimum Gasteiger partial charge on any atom is -0.459 e. The monoisotopic (exact) mass is 293 g/mol. The number of hydrogen-bond acceptors (Lipinski definition) is 4. The van der Waals surface area contributed by atoms with Crippen LogP contribution in [0, 0.1) is 0 Å². The van der Waals surface area contributed by atoms with Gasteiger partial charge in [0, 0.05) is 12.6 Å². The van der Waals surface area contributed by atoms with E-state index in [0.29, 0.717) is 6.54 Å². The van der Waals surface area contributed by atoms with E-state index in [2.05, 4.69) is 0 Å². The van der Waals surface area contributed by atoms with E-state index in [4.69, 9.17) is 4.74 Å². The van der Waals surface area contributed by atoms with Gasteiger partial charge in [-0.2, -0.15) is 0 Å². The number of nitrogens with zero attached hydrogens (tertiary/aromatic N) is 1. The Kier molecular flexibility index (Phi) is 6.37. The maximum absolute atomic E-state index is 11.9. The van der Waals surface area contributed by atoms with Crippen molar-refractivity contribution in [1.82, 2.24) is 4.90 Å². The average molecular weight is 293 g/mol. The summed E-state index contributed by atoms with van der Waals surface area (Å²) in [6, 6.07) is 9.62. The fourth-order valence-electron chi connectivity index (χ4n) is 2.00. The molecule has 0 fully saturated rings. The molecular formula is C17H27NO3. The molecule has 0 aliphatic carbocycles. The zero-order valence-electron chi connectivity index (χ0n) is 13.7. The minimum atomic E-state index is -0.615. The van der Waals surface area contributed by atoms with Gasteiger partial charge in [-0.15, -0.1) is 0 Å². The quantitative estimate of drug-likeness (QED) is 0.819. The molecule has 1 aromatic carbocycles. The first kappa shape index (κ1) is 17.7. The Labute approximate surface area is 127 Å². The van der Waals surface area contributed by atoms with Crippen LogP contribution in [-0.4, -0.2) is 40.7 Å². The molecule has 0 saturated carbocycles. The van der Waals surface area contributed by atoms with E-state index in [1.54, 1.807) is 0 Å². The first-order valence-electron chi connectivity index (χ1n) is 7.38. The van der Waals surface area contributed by atoms with Gasteiger partial charge in [0.1, 0.15) is 5.60 Å². The molecule has 0 heterocycles. The van der Waals surface area contributed by atoms with Crippen molar-refractivity contribution in [1.29, 1.82) is 0 Å². The van der Waals surface area contributed by atoms with Crippen molar-refractivity contribution in [2.45, 2.75) is 52.4 Å². The Balaban J connectivity index is 2.64. The zero-order valence-corrected chi connectivity index (χ0v) is 13.7. The molecule has 0 spiro atoms. The van der Waals surface area contributed by atoms with Gasteiger partial charge in [-0.3, -0.25) is 9.69 Å². The highest BCUT2D eigenvalue weighted by molar-refractivity contribution is 5.72. The van der Waals surface area contributed by atoms with Crippen LogP contribution in [0.25, 0.3) is 0 Å². The molecule has 0 aliphatic rings. The van der Waals surface area contributed by atoms with Gasteiger partial charge >= 0.3 is 5.97 Å². The van der Waals surface area contributed by atoms with Gasteiger partial charge in [0.15, 0.2) is 0 Å². The van der Waals surface area contributed by atoms with Gasteiger partial charge in [0.05, 0.1) is 12.6 Å². The third kappa shape index (κ3) is 6.74. The fraction of sp³-hybridized carbons (Fsp3) is 0.588. The van der Waals surface area contributed by atoms with Gasteiger partial charge < -0.3 is 9.84 Å². The Bertz CT molecular complexity index is 437. The SMILES string of the molecule is CC(C)N(CC(=O)OC(C)(C)C)CC(O)c1ccccc1. The highest BCUT2D eigenvalue weighted by Gasteiger charge is 2.22. The second kappa shape index (κ2) is 7.57. The second-order valence-corrected chi connectivity index (χ2v) is 6.54. The predicted molar refractivity (Wildman–Crippen MR) is 84.0 cm³/mol. The lowest BCUT2D eigenvalue weighted by atomic mass is 10.1. The molecule has 4 nitrogen and oxygen atoms in total. The van der Waals surface area contributed by atoms with E-state index in [9.17, 15) is 9.90 Å². The van der Waals surface area contributed by atoms with Gasteiger partial charge in [0.2, 0.25) is 0 Å². The highest BCUT2D eigenvalue weighted by Crippen LogP contribution is 2.16. The third-order valence-corrected chi connectivity index (χ3v) is 3.07. The molecule has 1 N–H and O–H groups in total. The first-order valence-corrected chi connectivity index (χ1v) is 7.38. The zero-order chi connectivity index (χ0) is 16.0. The van der Waals surface area contributed by atoms with Crippen LogP contribution >= 0.6 is 0 Å². The second-order valence-electron chi connectivity index (χ2n) is 6.54. The van der Waals surface area contributed by atoms with Crippen molar-refractivity contribution < 1.29 is 14.6 Å². The van der Waals surface area contributed by atoms with Crippen LogP contribution in [0.2, 0.25) is 0 Å². The molecule has 21 heavy (non-hydrogen) atoms. The average Bonchev–Trinajstić information content (AvgIpc) is 2.36. The molecule has 4 heteroatoms. The number of carbonyl (C=O) groups is 1. The largest absolute Gasteiger partial charge is 0.459 e. The topological polar surface area (TPSA) is 49.8 Å². The molecule has 0 radical (unpaired) electrons. The summed E-state index contributed by atoms with van der Waals surface area (Å²) in [6.45, 7) is 10.1. The molecule has 0 aliphatic heterocycles. The van der Waals surface area contributed by atoms with E-state index < -0.39 is 11.7 Å². The van der Waals surface area contributed by atoms with Gasteiger partial charge in [-0.1, -0.05) is 30.3 Å². The Morgan fingerprint density at radius 2 is 1.81 bits per heavy atom. The van der Waals surface area contributed by atoms with Crippen LogP contribution in [-0.2, 0) is 9.53 Å². The maximum Gasteiger partial charge on any atom is 0.320 e. The molecule has 1 unspecified atom stereocenters. The van der Waals surface area contributed by atoms with E-state index in [1.165, 1.54) is 0 Å². The number of ether oxygens (including phenoxy) is 1. The van der Waals surface area contributed by atoms with Crippen LogP contribution in [0.15, 0.2) is 30.3 Å². The number of rotatable bonds is 6. The molecule has 0 amide bonds. The molecular weight excluding hydrogens is 266 g/mol. The third-order valence-electron chi connectivity index (χ3n) is 3.07. The molecule has 0 saturated heterocycles. The first-order chi connectivity index (χ1) is 9.69. The fourth-order valence-corrected chi connectivity index (χ4v) is 2.00. The van der Waals surface area contributed by atoms with Crippen molar-refractivity contribution in [3.05, 3.63) is 35.9 Å². The summed E-state index contributed by atoms with van der Waals surface area (Å²) in [4.78, 5) is 13.9. The smallest absolute Gasteiger partial charge is 0.320 e. The van der Waals surface area contributed by atoms with Crippen molar-refractivity contribution >= 4 is 5.97 Å². The van der Waals surface area contributed by atoms with Crippen LogP contribution in [0.4, 0.5) is 0 Å². The maximum atomic E-state index is 11.9. The Morgan fingerprint density at radius 1 is 1.24 bits per heavy atom. The van der Waals surface area contributed by atoms with Crippen LogP contribution in [0.3, 0.4) is 0 Å². The van der Waals surface area contributed by atoms with Crippen molar-refractivity contribution in [2.24, 2.45) is 0 Å². The lowest BCUT2D eigenvalue weighted by Gasteiger charge is -2.29. The predicted octanol–water partition coefficient (Wildman–Crippen LogP) is 2.77. The Morgan fingerprint density at radius 3 is 2.29 bits per heavy atom. The van der Waals surface area contributed by atoms with Crippen LogP contribution in [0.5, 0.6) is 0 Å². The van der Waals surface area contributed by atoms with E-state index in [1.807, 2.05) is 69.9 Å². The van der Waals surface area contributed by atoms with Crippen molar-refractivity contribution in [3.8, 4) is 0 Å². The standard InChI is InChI=1S/C17H27NO3/c1-13(2)18(12-16(20)21-17(3,4)5)11-15(19)14-9-7-6-8-10-14/h6-10,13,15,19H,11-12H2,1-5H3. The minimum absolute atomic E-state index is 0.149. The molecule has 118 valence electrons. The number of hydrogen-bond donors (Lipinski definition) is 1. The summed E-state index contributed by atoms with van der Waals surface area (Å²) >= 11 is 0. The Hall–Kier alpha value is -1.39. The lowest BCUT2D eigenvalue weighted by molar-refractivity contribution is -0.157. The number of esters is 1. The number of benzene rings is 1. The summed E-state index contributed by atoms with van der Waals surface area (Å²) in [6.07, 6.45) is -0.615. The normalized spacial score (nSPS) is 13.5. The van der Waals surface area contributed by atoms with E-state index >= 15 is 0 Å². The molecule has 0 bridgehead atoms. The summed E-state index contributed by atoms with van der Waals surface area (Å²) in [5, 5.41) is 10.3. The lowest BCUT2D eigenvalue weighted by Crippen LogP contribution is -2.41. The molecule has 1 aromatic rings. The van der Waals surface area contributed by atoms with E-state index in [0.717, 1.165) is 5.56 Å². The summed E-state index contributed by atoms with van der Waals surface area (Å²) in [5.41, 5.74) is 0.366. The highest BCUT2D eigenvalue weighted by atomic mass is 16.6. The summed E-state index contributed by atoms with van der Waals surface area (Å²) < 4.78 is 5.34. The molecule has 0 aromatic heterocycles. The van der Waals surface area contributed by atoms with Gasteiger partial charge in [-0.25, -0.2) is 0 Å². The number of aliphatic hydroxyl groups is 1. The van der Waals surface area contributed by atoms with E-state index in [-0.39, 0.29) is 18.6 Å². The molecule has 1 rings (SSSR count). The summed E-state index contributed by atoms with van der Waals surface area (Å²) in [5.74, 6) is -0.267. The number of aliphatic hydroxyl groups excluding tert-OH is 1.